The summed E-state index contributed by atoms with van der Waals surface area (Å²) in [5.41, 5.74) is 18.4. The Balaban J connectivity index is 1.19. The van der Waals surface area contributed by atoms with E-state index in [1.807, 2.05) is 60.7 Å². The Kier molecular flexibility index (Phi) is 22.1. The number of hydrogen-bond acceptors (Lipinski definition) is 11. The predicted molar refractivity (Wildman–Crippen MR) is 289 cm³/mol. The van der Waals surface area contributed by atoms with E-state index in [1.165, 1.54) is 23.2 Å². The molecular weight excluding hydrogens is 991 g/mol. The van der Waals surface area contributed by atoms with Gasteiger partial charge in [0.2, 0.25) is 47.3 Å². The van der Waals surface area contributed by atoms with Gasteiger partial charge >= 0.3 is 6.03 Å². The number of likely N-dealkylation sites (tertiary alicyclic amines) is 1. The van der Waals surface area contributed by atoms with Gasteiger partial charge in [0, 0.05) is 48.9 Å². The minimum absolute atomic E-state index is 0.0252. The zero-order chi connectivity index (χ0) is 54.6. The van der Waals surface area contributed by atoms with Crippen LogP contribution in [-0.4, -0.2) is 120 Å². The number of carbonyl (C=O) groups is 9. The molecule has 0 radical (unpaired) electrons. The first kappa shape index (κ1) is 57.9. The third kappa shape index (κ3) is 17.6. The van der Waals surface area contributed by atoms with Crippen LogP contribution >= 0.6 is 11.3 Å². The second-order valence-electron chi connectivity index (χ2n) is 19.7. The van der Waals surface area contributed by atoms with E-state index in [0.29, 0.717) is 12.0 Å². The SMILES string of the molecule is CC(=O)N[C@@H](CCCNC(N)=O)C(=O)N[C@@H](Cc1ccccc1)C(=O)N[C@@H](CCCN)C(=O)N1CC[C@H]1C(=O)N[C@H](CC1CCCCC1)C(=O)N[C@@H](Cc1cc2ccccc2s1)C(=O)N[C@@H](Cc1ccccc1)C(N)=O. The summed E-state index contributed by atoms with van der Waals surface area (Å²) in [5, 5.41) is 20.3. The quantitative estimate of drug-likeness (QED) is 0.0370. The van der Waals surface area contributed by atoms with Gasteiger partial charge in [0.25, 0.3) is 0 Å². The summed E-state index contributed by atoms with van der Waals surface area (Å²) in [6, 6.07) is 19.2. The minimum atomic E-state index is -1.21. The molecule has 21 heteroatoms. The molecule has 0 bridgehead atoms. The minimum Gasteiger partial charge on any atom is -0.368 e. The number of benzene rings is 3. The Bertz CT molecular complexity index is 2600. The lowest BCUT2D eigenvalue weighted by Gasteiger charge is -2.42. The normalized spacial score (nSPS) is 16.8. The maximum Gasteiger partial charge on any atom is 0.312 e. The maximum absolute atomic E-state index is 14.7. The van der Waals surface area contributed by atoms with E-state index in [9.17, 15) is 43.2 Å². The van der Waals surface area contributed by atoms with Crippen molar-refractivity contribution in [3.05, 3.63) is 107 Å². The number of primary amides is 2. The van der Waals surface area contributed by atoms with Gasteiger partial charge in [0.15, 0.2) is 0 Å². The molecule has 1 saturated heterocycles. The van der Waals surface area contributed by atoms with Crippen LogP contribution in [0, 0.1) is 5.92 Å². The van der Waals surface area contributed by atoms with Gasteiger partial charge in [-0.3, -0.25) is 38.4 Å². The average Bonchev–Trinajstić information content (AvgIpc) is 3.81. The topological polar surface area (TPSA) is 319 Å². The van der Waals surface area contributed by atoms with Crippen LogP contribution in [0.4, 0.5) is 4.79 Å². The molecule has 7 atom stereocenters. The first-order valence-electron chi connectivity index (χ1n) is 26.3. The Hall–Kier alpha value is -7.39. The molecule has 6 rings (SSSR count). The van der Waals surface area contributed by atoms with Gasteiger partial charge in [0.1, 0.15) is 42.3 Å². The molecule has 0 unspecified atom stereocenters. The second kappa shape index (κ2) is 29.1. The first-order valence-corrected chi connectivity index (χ1v) is 27.1. The molecule has 10 amide bonds. The number of nitrogens with zero attached hydrogens (tertiary/aromatic N) is 1. The average molecular weight is 1060 g/mol. The summed E-state index contributed by atoms with van der Waals surface area (Å²) in [6.45, 7) is 1.76. The molecular formula is C55H73N11O9S. The van der Waals surface area contributed by atoms with Crippen molar-refractivity contribution in [2.75, 3.05) is 19.6 Å². The molecule has 1 saturated carbocycles. The van der Waals surface area contributed by atoms with Gasteiger partial charge in [-0.1, -0.05) is 111 Å². The number of nitrogens with two attached hydrogens (primary N) is 3. The highest BCUT2D eigenvalue weighted by atomic mass is 32.1. The molecule has 2 fully saturated rings. The molecule has 408 valence electrons. The fourth-order valence-electron chi connectivity index (χ4n) is 9.76. The molecule has 2 heterocycles. The number of nitrogens with one attached hydrogen (secondary N) is 7. The van der Waals surface area contributed by atoms with Crippen LogP contribution in [0.1, 0.15) is 93.6 Å². The molecule has 13 N–H and O–H groups in total. The summed E-state index contributed by atoms with van der Waals surface area (Å²) in [4.78, 5) is 124. The molecule has 4 aromatic rings. The van der Waals surface area contributed by atoms with Crippen molar-refractivity contribution in [1.82, 2.24) is 42.1 Å². The van der Waals surface area contributed by atoms with Crippen LogP contribution in [0.2, 0.25) is 0 Å². The number of fused-ring (bicyclic) bond motifs is 1. The van der Waals surface area contributed by atoms with Gasteiger partial charge < -0.3 is 59.3 Å². The first-order chi connectivity index (χ1) is 36.6. The lowest BCUT2D eigenvalue weighted by molar-refractivity contribution is -0.151. The number of amides is 10. The van der Waals surface area contributed by atoms with E-state index >= 15 is 0 Å². The van der Waals surface area contributed by atoms with Crippen LogP contribution < -0.4 is 54.4 Å². The summed E-state index contributed by atoms with van der Waals surface area (Å²) in [7, 11) is 0. The van der Waals surface area contributed by atoms with Crippen molar-refractivity contribution in [2.24, 2.45) is 23.1 Å². The monoisotopic (exact) mass is 1060 g/mol. The zero-order valence-corrected chi connectivity index (χ0v) is 43.9. The number of urea groups is 1. The van der Waals surface area contributed by atoms with E-state index in [4.69, 9.17) is 17.2 Å². The summed E-state index contributed by atoms with van der Waals surface area (Å²) < 4.78 is 0.990. The van der Waals surface area contributed by atoms with Crippen molar-refractivity contribution >= 4 is 74.7 Å². The molecule has 1 aliphatic carbocycles. The zero-order valence-electron chi connectivity index (χ0n) is 43.1. The maximum atomic E-state index is 14.7. The Morgan fingerprint density at radius 2 is 1.16 bits per heavy atom. The molecule has 2 aliphatic rings. The lowest BCUT2D eigenvalue weighted by Crippen LogP contribution is -2.65. The smallest absolute Gasteiger partial charge is 0.312 e. The van der Waals surface area contributed by atoms with Crippen LogP contribution in [0.3, 0.4) is 0 Å². The number of thiophene rings is 1. The molecule has 1 aliphatic heterocycles. The van der Waals surface area contributed by atoms with Crippen molar-refractivity contribution in [1.29, 1.82) is 0 Å². The van der Waals surface area contributed by atoms with Crippen LogP contribution in [0.5, 0.6) is 0 Å². The van der Waals surface area contributed by atoms with Crippen molar-refractivity contribution in [3.8, 4) is 0 Å². The summed E-state index contributed by atoms with van der Waals surface area (Å²) in [5.74, 6) is -4.84. The predicted octanol–water partition coefficient (Wildman–Crippen LogP) is 2.10. The Morgan fingerprint density at radius 1 is 0.605 bits per heavy atom. The van der Waals surface area contributed by atoms with E-state index in [2.05, 4.69) is 37.2 Å². The van der Waals surface area contributed by atoms with Gasteiger partial charge in [-0.05, 0) is 79.6 Å². The van der Waals surface area contributed by atoms with E-state index in [-0.39, 0.29) is 76.9 Å². The van der Waals surface area contributed by atoms with Crippen molar-refractivity contribution in [3.63, 3.8) is 0 Å². The highest BCUT2D eigenvalue weighted by Crippen LogP contribution is 2.29. The highest BCUT2D eigenvalue weighted by Gasteiger charge is 2.43. The van der Waals surface area contributed by atoms with Crippen molar-refractivity contribution in [2.45, 2.75) is 139 Å². The molecule has 20 nitrogen and oxygen atoms in total. The number of hydrogen-bond donors (Lipinski definition) is 10. The molecule has 3 aromatic carbocycles. The van der Waals surface area contributed by atoms with Gasteiger partial charge in [-0.2, -0.15) is 0 Å². The third-order valence-electron chi connectivity index (χ3n) is 13.9. The van der Waals surface area contributed by atoms with Gasteiger partial charge in [0.05, 0.1) is 0 Å². The Labute approximate surface area is 447 Å². The van der Waals surface area contributed by atoms with E-state index in [0.717, 1.165) is 52.6 Å². The lowest BCUT2D eigenvalue weighted by atomic mass is 9.84. The number of carbonyl (C=O) groups excluding carboxylic acids is 9. The summed E-state index contributed by atoms with van der Waals surface area (Å²) in [6.07, 6.45) is 6.28. The standard InChI is InChI=1S/C55H73N11O9S/c1-34(67)60-40(23-14-27-59-55(58)75)49(69)63-43(30-36-17-7-3-8-18-36)50(70)61-41(22-13-26-56)54(74)66-28-25-46(66)53(73)65-44(31-37-19-9-4-10-20-37)51(71)64-45(33-39-32-38-21-11-12-24-47(38)76-39)52(72)62-42(48(57)68)29-35-15-5-2-6-16-35/h2-3,5-8,11-12,15-18,21,24,32,37,40-46H,4,9-10,13-14,19-20,22-23,25-31,33,56H2,1H3,(H2,57,68)(H,60,67)(H,61,70)(H,62,72)(H,63,69)(H,64,71)(H,65,73)(H3,58,59,75)/t40-,41-,42-,43-,44+,45-,46-/m0/s1. The van der Waals surface area contributed by atoms with Crippen LogP contribution in [-0.2, 0) is 57.6 Å². The van der Waals surface area contributed by atoms with Crippen molar-refractivity contribution < 1.29 is 43.2 Å². The fourth-order valence-corrected chi connectivity index (χ4v) is 10.9. The highest BCUT2D eigenvalue weighted by molar-refractivity contribution is 7.19. The second-order valence-corrected chi connectivity index (χ2v) is 20.9. The molecule has 1 aromatic heterocycles. The summed E-state index contributed by atoms with van der Waals surface area (Å²) >= 11 is 1.47. The van der Waals surface area contributed by atoms with E-state index < -0.39 is 95.6 Å². The van der Waals surface area contributed by atoms with E-state index in [1.54, 1.807) is 30.3 Å². The van der Waals surface area contributed by atoms with Gasteiger partial charge in [-0.15, -0.1) is 11.3 Å². The number of rotatable bonds is 28. The van der Waals surface area contributed by atoms with Crippen LogP contribution in [0.25, 0.3) is 10.1 Å². The van der Waals surface area contributed by atoms with Crippen LogP contribution in [0.15, 0.2) is 91.0 Å². The van der Waals surface area contributed by atoms with Gasteiger partial charge in [-0.25, -0.2) is 4.79 Å². The molecule has 76 heavy (non-hydrogen) atoms. The largest absolute Gasteiger partial charge is 0.368 e. The fraction of sp³-hybridized carbons (Fsp3) is 0.473. The third-order valence-corrected chi connectivity index (χ3v) is 15.0. The molecule has 0 spiro atoms. The Morgan fingerprint density at radius 3 is 1.74 bits per heavy atom.